The van der Waals surface area contributed by atoms with Crippen LogP contribution >= 0.6 is 11.6 Å². The first-order valence-electron chi connectivity index (χ1n) is 7.82. The van der Waals surface area contributed by atoms with E-state index in [-0.39, 0.29) is 42.3 Å². The van der Waals surface area contributed by atoms with Crippen LogP contribution in [0.25, 0.3) is 0 Å². The van der Waals surface area contributed by atoms with Crippen molar-refractivity contribution < 1.29 is 18.0 Å². The van der Waals surface area contributed by atoms with Gasteiger partial charge in [-0.05, 0) is 37.1 Å². The lowest BCUT2D eigenvalue weighted by Crippen LogP contribution is -2.38. The number of aryl methyl sites for hydroxylation is 1. The van der Waals surface area contributed by atoms with E-state index >= 15 is 0 Å². The number of amides is 2. The van der Waals surface area contributed by atoms with E-state index in [0.29, 0.717) is 17.1 Å². The first-order valence-corrected chi connectivity index (χ1v) is 10.0. The van der Waals surface area contributed by atoms with Gasteiger partial charge in [-0.3, -0.25) is 9.59 Å². The van der Waals surface area contributed by atoms with Crippen molar-refractivity contribution in [3.63, 3.8) is 0 Å². The second-order valence-electron chi connectivity index (χ2n) is 6.45. The Balaban J connectivity index is 1.66. The van der Waals surface area contributed by atoms with Gasteiger partial charge in [-0.15, -0.1) is 0 Å². The quantitative estimate of drug-likeness (QED) is 0.876. The Bertz CT molecular complexity index is 793. The van der Waals surface area contributed by atoms with Crippen molar-refractivity contribution in [2.75, 3.05) is 23.4 Å². The van der Waals surface area contributed by atoms with Gasteiger partial charge >= 0.3 is 0 Å². The number of nitrogens with zero attached hydrogens (tertiary/aromatic N) is 1. The maximum absolute atomic E-state index is 12.4. The zero-order chi connectivity index (χ0) is 17.5. The van der Waals surface area contributed by atoms with E-state index in [9.17, 15) is 18.0 Å². The summed E-state index contributed by atoms with van der Waals surface area (Å²) in [5.41, 5.74) is 1.51. The Hall–Kier alpha value is -1.60. The molecule has 3 rings (SSSR count). The summed E-state index contributed by atoms with van der Waals surface area (Å²) in [5.74, 6) is -0.718. The fourth-order valence-electron chi connectivity index (χ4n) is 3.28. The van der Waals surface area contributed by atoms with Crippen molar-refractivity contribution in [3.8, 4) is 0 Å². The molecule has 2 amide bonds. The van der Waals surface area contributed by atoms with E-state index in [1.54, 1.807) is 23.1 Å². The molecule has 2 aliphatic heterocycles. The summed E-state index contributed by atoms with van der Waals surface area (Å²) in [6.45, 7) is 2.12. The molecule has 1 aromatic rings. The maximum atomic E-state index is 12.4. The van der Waals surface area contributed by atoms with Crippen LogP contribution in [0.4, 0.5) is 5.69 Å². The van der Waals surface area contributed by atoms with Crippen LogP contribution < -0.4 is 5.32 Å². The standard InChI is InChI=1S/C16H19ClN2O4S/c1-10-6-12(17)2-3-14(10)18-16(21)11-7-15(20)19(8-11)13-4-5-24(22,23)9-13/h2-3,6,11,13H,4-5,7-9H2,1H3,(H,18,21). The van der Waals surface area contributed by atoms with Gasteiger partial charge in [-0.2, -0.15) is 0 Å². The molecule has 2 unspecified atom stereocenters. The molecule has 1 aromatic carbocycles. The molecule has 8 heteroatoms. The number of nitrogens with one attached hydrogen (secondary N) is 1. The lowest BCUT2D eigenvalue weighted by Gasteiger charge is -2.23. The maximum Gasteiger partial charge on any atom is 0.229 e. The molecule has 2 heterocycles. The van der Waals surface area contributed by atoms with E-state index < -0.39 is 15.8 Å². The van der Waals surface area contributed by atoms with Gasteiger partial charge in [-0.1, -0.05) is 11.6 Å². The molecule has 2 saturated heterocycles. The van der Waals surface area contributed by atoms with Crippen molar-refractivity contribution >= 4 is 38.9 Å². The monoisotopic (exact) mass is 370 g/mol. The highest BCUT2D eigenvalue weighted by atomic mass is 35.5. The molecule has 2 aliphatic rings. The molecule has 0 radical (unpaired) electrons. The minimum Gasteiger partial charge on any atom is -0.338 e. The molecular formula is C16H19ClN2O4S. The number of likely N-dealkylation sites (tertiary alicyclic amines) is 1. The molecule has 2 atom stereocenters. The number of benzene rings is 1. The summed E-state index contributed by atoms with van der Waals surface area (Å²) in [5, 5.41) is 3.43. The molecule has 2 fully saturated rings. The van der Waals surface area contributed by atoms with Crippen LogP contribution in [0.1, 0.15) is 18.4 Å². The Morgan fingerprint density at radius 2 is 2.12 bits per heavy atom. The number of halogens is 1. The van der Waals surface area contributed by atoms with Crippen molar-refractivity contribution in [3.05, 3.63) is 28.8 Å². The number of rotatable bonds is 3. The lowest BCUT2D eigenvalue weighted by molar-refractivity contribution is -0.129. The van der Waals surface area contributed by atoms with Gasteiger partial charge in [0.2, 0.25) is 11.8 Å². The summed E-state index contributed by atoms with van der Waals surface area (Å²) < 4.78 is 23.2. The van der Waals surface area contributed by atoms with Gasteiger partial charge < -0.3 is 10.2 Å². The van der Waals surface area contributed by atoms with Gasteiger partial charge in [0.15, 0.2) is 9.84 Å². The summed E-state index contributed by atoms with van der Waals surface area (Å²) >= 11 is 5.90. The molecule has 0 saturated carbocycles. The van der Waals surface area contributed by atoms with Crippen LogP contribution in [0.5, 0.6) is 0 Å². The highest BCUT2D eigenvalue weighted by molar-refractivity contribution is 7.91. The molecule has 0 aromatic heterocycles. The normalized spacial score (nSPS) is 25.9. The number of sulfone groups is 1. The van der Waals surface area contributed by atoms with Crippen LogP contribution in [0.3, 0.4) is 0 Å². The van der Waals surface area contributed by atoms with Gasteiger partial charge in [0.1, 0.15) is 0 Å². The SMILES string of the molecule is Cc1cc(Cl)ccc1NC(=O)C1CC(=O)N(C2CCS(=O)(=O)C2)C1. The predicted molar refractivity (Wildman–Crippen MR) is 91.7 cm³/mol. The smallest absolute Gasteiger partial charge is 0.229 e. The summed E-state index contributed by atoms with van der Waals surface area (Å²) in [7, 11) is -3.06. The van der Waals surface area contributed by atoms with Gasteiger partial charge in [0.25, 0.3) is 0 Å². The average Bonchev–Trinajstić information content (AvgIpc) is 3.04. The molecule has 24 heavy (non-hydrogen) atoms. The minimum absolute atomic E-state index is 0.00334. The van der Waals surface area contributed by atoms with Crippen molar-refractivity contribution in [2.24, 2.45) is 5.92 Å². The number of anilines is 1. The fourth-order valence-corrected chi connectivity index (χ4v) is 5.24. The molecule has 1 N–H and O–H groups in total. The number of hydrogen-bond acceptors (Lipinski definition) is 4. The Morgan fingerprint density at radius 3 is 2.75 bits per heavy atom. The minimum atomic E-state index is -3.06. The molecular weight excluding hydrogens is 352 g/mol. The van der Waals surface area contributed by atoms with Crippen molar-refractivity contribution in [1.29, 1.82) is 0 Å². The second kappa shape index (κ2) is 6.37. The number of carbonyl (C=O) groups excluding carboxylic acids is 2. The van der Waals surface area contributed by atoms with Crippen LogP contribution in [0.15, 0.2) is 18.2 Å². The van der Waals surface area contributed by atoms with Gasteiger partial charge in [-0.25, -0.2) is 8.42 Å². The topological polar surface area (TPSA) is 83.6 Å². The molecule has 130 valence electrons. The van der Waals surface area contributed by atoms with E-state index in [4.69, 9.17) is 11.6 Å². The third-order valence-electron chi connectivity index (χ3n) is 4.62. The largest absolute Gasteiger partial charge is 0.338 e. The zero-order valence-electron chi connectivity index (χ0n) is 13.3. The zero-order valence-corrected chi connectivity index (χ0v) is 14.9. The Kier molecular flexibility index (Phi) is 4.57. The highest BCUT2D eigenvalue weighted by Gasteiger charge is 2.41. The molecule has 6 nitrogen and oxygen atoms in total. The molecule has 0 bridgehead atoms. The predicted octanol–water partition coefficient (Wildman–Crippen LogP) is 1.62. The second-order valence-corrected chi connectivity index (χ2v) is 9.12. The fraction of sp³-hybridized carbons (Fsp3) is 0.500. The van der Waals surface area contributed by atoms with Gasteiger partial charge in [0.05, 0.1) is 17.4 Å². The molecule has 0 spiro atoms. The lowest BCUT2D eigenvalue weighted by atomic mass is 10.1. The van der Waals surface area contributed by atoms with E-state index in [0.717, 1.165) is 5.56 Å². The van der Waals surface area contributed by atoms with Crippen LogP contribution in [-0.4, -0.2) is 49.2 Å². The van der Waals surface area contributed by atoms with Crippen LogP contribution in [-0.2, 0) is 19.4 Å². The first-order chi connectivity index (χ1) is 11.2. The van der Waals surface area contributed by atoms with Gasteiger partial charge in [0, 0.05) is 29.7 Å². The van der Waals surface area contributed by atoms with Crippen molar-refractivity contribution in [2.45, 2.75) is 25.8 Å². The third-order valence-corrected chi connectivity index (χ3v) is 6.61. The number of carbonyl (C=O) groups is 2. The van der Waals surface area contributed by atoms with E-state index in [1.807, 2.05) is 6.92 Å². The Morgan fingerprint density at radius 1 is 1.38 bits per heavy atom. The van der Waals surface area contributed by atoms with E-state index in [2.05, 4.69) is 5.32 Å². The van der Waals surface area contributed by atoms with Crippen molar-refractivity contribution in [1.82, 2.24) is 4.90 Å². The van der Waals surface area contributed by atoms with E-state index in [1.165, 1.54) is 0 Å². The number of hydrogen-bond donors (Lipinski definition) is 1. The van der Waals surface area contributed by atoms with Crippen LogP contribution in [0.2, 0.25) is 5.02 Å². The Labute approximate surface area is 146 Å². The summed E-state index contributed by atoms with van der Waals surface area (Å²) in [4.78, 5) is 26.2. The average molecular weight is 371 g/mol. The first kappa shape index (κ1) is 17.2. The summed E-state index contributed by atoms with van der Waals surface area (Å²) in [6, 6.07) is 4.89. The highest BCUT2D eigenvalue weighted by Crippen LogP contribution is 2.27. The van der Waals surface area contributed by atoms with Crippen LogP contribution in [0, 0.1) is 12.8 Å². The molecule has 0 aliphatic carbocycles. The summed E-state index contributed by atoms with van der Waals surface area (Å²) in [6.07, 6.45) is 0.577. The third kappa shape index (κ3) is 3.57.